The third kappa shape index (κ3) is 2.95. The van der Waals surface area contributed by atoms with Crippen molar-refractivity contribution in [1.29, 1.82) is 0 Å². The molecule has 0 aromatic heterocycles. The Hall–Kier alpha value is -2.39. The second-order valence-corrected chi connectivity index (χ2v) is 5.35. The number of carbonyl (C=O) groups is 1. The summed E-state index contributed by atoms with van der Waals surface area (Å²) < 4.78 is 13.7. The topological polar surface area (TPSA) is 29.1 Å². The van der Waals surface area contributed by atoms with E-state index in [0.717, 1.165) is 10.8 Å². The summed E-state index contributed by atoms with van der Waals surface area (Å²) in [5.41, 5.74) is 0.824. The molecule has 22 heavy (non-hydrogen) atoms. The van der Waals surface area contributed by atoms with E-state index in [4.69, 9.17) is 11.6 Å². The maximum Gasteiger partial charge on any atom is 0.251 e. The van der Waals surface area contributed by atoms with E-state index in [9.17, 15) is 9.18 Å². The number of amides is 1. The summed E-state index contributed by atoms with van der Waals surface area (Å²) in [6.45, 7) is 0.0527. The largest absolute Gasteiger partial charge is 0.348 e. The van der Waals surface area contributed by atoms with E-state index in [2.05, 4.69) is 5.32 Å². The molecular weight excluding hydrogens is 301 g/mol. The Morgan fingerprint density at radius 1 is 1.00 bits per heavy atom. The molecule has 3 rings (SSSR count). The zero-order valence-electron chi connectivity index (χ0n) is 11.6. The van der Waals surface area contributed by atoms with Gasteiger partial charge in [0.05, 0.1) is 0 Å². The normalized spacial score (nSPS) is 10.6. The molecule has 0 radical (unpaired) electrons. The standard InChI is InChI=1S/C18H13ClFNO/c19-16-6-3-7-17(20)15(16)11-21-18(22)14-9-8-12-4-1-2-5-13(12)10-14/h1-10H,11H2,(H,21,22). The van der Waals surface area contributed by atoms with Gasteiger partial charge < -0.3 is 5.32 Å². The van der Waals surface area contributed by atoms with Crippen LogP contribution in [0.2, 0.25) is 5.02 Å². The summed E-state index contributed by atoms with van der Waals surface area (Å²) >= 11 is 5.95. The molecule has 0 fully saturated rings. The number of nitrogens with one attached hydrogen (secondary N) is 1. The summed E-state index contributed by atoms with van der Waals surface area (Å²) in [5.74, 6) is -0.684. The Bertz CT molecular complexity index is 827. The van der Waals surface area contributed by atoms with Crippen LogP contribution in [0.4, 0.5) is 4.39 Å². The van der Waals surface area contributed by atoms with Crippen molar-refractivity contribution in [2.24, 2.45) is 0 Å². The average molecular weight is 314 g/mol. The highest BCUT2D eigenvalue weighted by Gasteiger charge is 2.10. The first-order valence-electron chi connectivity index (χ1n) is 6.85. The van der Waals surface area contributed by atoms with Crippen molar-refractivity contribution in [1.82, 2.24) is 5.32 Å². The first-order chi connectivity index (χ1) is 10.6. The second kappa shape index (κ2) is 6.16. The minimum Gasteiger partial charge on any atom is -0.348 e. The molecule has 0 heterocycles. The maximum absolute atomic E-state index is 13.7. The lowest BCUT2D eigenvalue weighted by Gasteiger charge is -2.08. The van der Waals surface area contributed by atoms with Crippen LogP contribution in [-0.4, -0.2) is 5.91 Å². The van der Waals surface area contributed by atoms with E-state index in [-0.39, 0.29) is 12.5 Å². The molecule has 0 spiro atoms. The number of carbonyl (C=O) groups excluding carboxylic acids is 1. The lowest BCUT2D eigenvalue weighted by atomic mass is 10.1. The first kappa shape index (κ1) is 14.5. The van der Waals surface area contributed by atoms with Crippen LogP contribution >= 0.6 is 11.6 Å². The van der Waals surface area contributed by atoms with Crippen LogP contribution in [-0.2, 0) is 6.54 Å². The summed E-state index contributed by atoms with van der Waals surface area (Å²) in [6, 6.07) is 17.7. The molecule has 3 aromatic rings. The molecule has 3 aromatic carbocycles. The molecule has 2 nitrogen and oxygen atoms in total. The highest BCUT2D eigenvalue weighted by atomic mass is 35.5. The van der Waals surface area contributed by atoms with Gasteiger partial charge in [-0.1, -0.05) is 48.0 Å². The number of fused-ring (bicyclic) bond motifs is 1. The van der Waals surface area contributed by atoms with Crippen LogP contribution in [0, 0.1) is 5.82 Å². The third-order valence-corrected chi connectivity index (χ3v) is 3.85. The van der Waals surface area contributed by atoms with Gasteiger partial charge in [0, 0.05) is 22.7 Å². The van der Waals surface area contributed by atoms with Crippen LogP contribution in [0.1, 0.15) is 15.9 Å². The molecule has 0 bridgehead atoms. The lowest BCUT2D eigenvalue weighted by molar-refractivity contribution is 0.0951. The van der Waals surface area contributed by atoms with Crippen molar-refractivity contribution >= 4 is 28.3 Å². The van der Waals surface area contributed by atoms with Gasteiger partial charge in [-0.05, 0) is 35.0 Å². The molecule has 110 valence electrons. The van der Waals surface area contributed by atoms with Crippen molar-refractivity contribution in [3.63, 3.8) is 0 Å². The Morgan fingerprint density at radius 3 is 2.55 bits per heavy atom. The SMILES string of the molecule is O=C(NCc1c(F)cccc1Cl)c1ccc2ccccc2c1. The zero-order valence-corrected chi connectivity index (χ0v) is 12.4. The molecule has 0 saturated carbocycles. The summed E-state index contributed by atoms with van der Waals surface area (Å²) in [4.78, 5) is 12.2. The molecule has 0 unspecified atom stereocenters. The molecule has 0 atom stereocenters. The predicted molar refractivity (Wildman–Crippen MR) is 86.5 cm³/mol. The van der Waals surface area contributed by atoms with Gasteiger partial charge in [-0.25, -0.2) is 4.39 Å². The Labute approximate surface area is 132 Å². The Balaban J connectivity index is 1.79. The van der Waals surface area contributed by atoms with Gasteiger partial charge in [0.15, 0.2) is 0 Å². The fourth-order valence-corrected chi connectivity index (χ4v) is 2.53. The smallest absolute Gasteiger partial charge is 0.251 e. The van der Waals surface area contributed by atoms with Gasteiger partial charge in [0.2, 0.25) is 0 Å². The highest BCUT2D eigenvalue weighted by Crippen LogP contribution is 2.19. The van der Waals surface area contributed by atoms with Crippen molar-refractivity contribution in [2.45, 2.75) is 6.54 Å². The molecule has 1 N–H and O–H groups in total. The van der Waals surface area contributed by atoms with Crippen LogP contribution < -0.4 is 5.32 Å². The Kier molecular flexibility index (Phi) is 4.07. The fourth-order valence-electron chi connectivity index (χ4n) is 2.30. The number of hydrogen-bond donors (Lipinski definition) is 1. The minimum absolute atomic E-state index is 0.0527. The monoisotopic (exact) mass is 313 g/mol. The van der Waals surface area contributed by atoms with Crippen molar-refractivity contribution in [2.75, 3.05) is 0 Å². The van der Waals surface area contributed by atoms with Crippen LogP contribution in [0.15, 0.2) is 60.7 Å². The fraction of sp³-hybridized carbons (Fsp3) is 0.0556. The van der Waals surface area contributed by atoms with E-state index < -0.39 is 5.82 Å². The molecule has 1 amide bonds. The average Bonchev–Trinajstić information content (AvgIpc) is 2.53. The van der Waals surface area contributed by atoms with Crippen LogP contribution in [0.25, 0.3) is 10.8 Å². The summed E-state index contributed by atoms with van der Waals surface area (Å²) in [7, 11) is 0. The van der Waals surface area contributed by atoms with Gasteiger partial charge in [-0.3, -0.25) is 4.79 Å². The molecular formula is C18H13ClFNO. The maximum atomic E-state index is 13.7. The molecule has 0 aliphatic rings. The second-order valence-electron chi connectivity index (χ2n) is 4.94. The third-order valence-electron chi connectivity index (χ3n) is 3.50. The van der Waals surface area contributed by atoms with E-state index in [1.165, 1.54) is 12.1 Å². The van der Waals surface area contributed by atoms with Crippen LogP contribution in [0.3, 0.4) is 0 Å². The van der Waals surface area contributed by atoms with Gasteiger partial charge in [-0.15, -0.1) is 0 Å². The quantitative estimate of drug-likeness (QED) is 0.754. The van der Waals surface area contributed by atoms with Crippen LogP contribution in [0.5, 0.6) is 0 Å². The molecule has 0 aliphatic heterocycles. The van der Waals surface area contributed by atoms with Gasteiger partial charge in [0.25, 0.3) is 5.91 Å². The van der Waals surface area contributed by atoms with Crippen molar-refractivity contribution in [3.8, 4) is 0 Å². The van der Waals surface area contributed by atoms with E-state index in [1.54, 1.807) is 12.1 Å². The number of benzene rings is 3. The molecule has 4 heteroatoms. The molecule has 0 aliphatic carbocycles. The minimum atomic E-state index is -0.425. The summed E-state index contributed by atoms with van der Waals surface area (Å²) in [5, 5.41) is 5.05. The van der Waals surface area contributed by atoms with E-state index in [0.29, 0.717) is 16.1 Å². The van der Waals surface area contributed by atoms with Gasteiger partial charge >= 0.3 is 0 Å². The predicted octanol–water partition coefficient (Wildman–Crippen LogP) is 4.56. The van der Waals surface area contributed by atoms with E-state index >= 15 is 0 Å². The van der Waals surface area contributed by atoms with Gasteiger partial charge in [0.1, 0.15) is 5.82 Å². The van der Waals surface area contributed by atoms with E-state index in [1.807, 2.05) is 36.4 Å². The zero-order chi connectivity index (χ0) is 15.5. The number of hydrogen-bond acceptors (Lipinski definition) is 1. The van der Waals surface area contributed by atoms with Crippen molar-refractivity contribution in [3.05, 3.63) is 82.6 Å². The summed E-state index contributed by atoms with van der Waals surface area (Å²) in [6.07, 6.45) is 0. The van der Waals surface area contributed by atoms with Gasteiger partial charge in [-0.2, -0.15) is 0 Å². The highest BCUT2D eigenvalue weighted by molar-refractivity contribution is 6.31. The first-order valence-corrected chi connectivity index (χ1v) is 7.23. The lowest BCUT2D eigenvalue weighted by Crippen LogP contribution is -2.23. The number of halogens is 2. The Morgan fingerprint density at radius 2 is 1.77 bits per heavy atom. The number of rotatable bonds is 3. The molecule has 0 saturated heterocycles. The van der Waals surface area contributed by atoms with Crippen molar-refractivity contribution < 1.29 is 9.18 Å².